The fourth-order valence-electron chi connectivity index (χ4n) is 4.46. The molecule has 2 aliphatic rings. The molecule has 4 N–H and O–H groups in total. The van der Waals surface area contributed by atoms with Gasteiger partial charge in [-0.25, -0.2) is 19.2 Å². The van der Waals surface area contributed by atoms with E-state index in [1.165, 1.54) is 6.20 Å². The van der Waals surface area contributed by atoms with E-state index in [-0.39, 0.29) is 29.4 Å². The second kappa shape index (κ2) is 8.90. The Bertz CT molecular complexity index is 1350. The van der Waals surface area contributed by atoms with Crippen molar-refractivity contribution in [2.45, 2.75) is 26.4 Å². The van der Waals surface area contributed by atoms with Crippen LogP contribution in [0.2, 0.25) is 0 Å². The Morgan fingerprint density at radius 2 is 2.17 bits per heavy atom. The van der Waals surface area contributed by atoms with Crippen LogP contribution >= 0.6 is 0 Å². The first kappa shape index (κ1) is 22.6. The number of carbonyl (C=O) groups is 2. The first-order chi connectivity index (χ1) is 16.9. The van der Waals surface area contributed by atoms with E-state index in [2.05, 4.69) is 20.6 Å². The Labute approximate surface area is 200 Å². The molecule has 2 aliphatic heterocycles. The molecule has 0 aliphatic carbocycles. The van der Waals surface area contributed by atoms with E-state index in [9.17, 15) is 9.59 Å². The molecule has 10 nitrogen and oxygen atoms in total. The van der Waals surface area contributed by atoms with E-state index in [1.807, 2.05) is 13.8 Å². The second-order valence-electron chi connectivity index (χ2n) is 8.48. The van der Waals surface area contributed by atoms with Gasteiger partial charge in [0.25, 0.3) is 0 Å². The first-order valence-corrected chi connectivity index (χ1v) is 11.4. The lowest BCUT2D eigenvalue weighted by Gasteiger charge is -2.22. The molecule has 0 saturated carbocycles. The number of nitrogens with zero attached hydrogens (tertiary/aromatic N) is 3. The molecule has 1 saturated heterocycles. The van der Waals surface area contributed by atoms with Gasteiger partial charge in [0, 0.05) is 42.0 Å². The molecule has 1 aromatic carbocycles. The molecule has 4 heterocycles. The van der Waals surface area contributed by atoms with Crippen molar-refractivity contribution >= 4 is 40.0 Å². The predicted molar refractivity (Wildman–Crippen MR) is 129 cm³/mol. The molecule has 1 atom stereocenters. The standard InChI is InChI=1S/C24H25FN6O4/c1-3-31-11-14(8-19(31)32)35-24(33)30-18-7-13-6-15(20(25)21(26)17(13)10-28-18)16-9-29-23-22(12(16)2)27-4-5-34-23/h6-7,9-10,14,27H,3-5,8,11,26H2,1-2H3,(H,28,30,33)/t14-/m1/s1. The molecule has 1 fully saturated rings. The highest BCUT2D eigenvalue weighted by Crippen LogP contribution is 2.39. The summed E-state index contributed by atoms with van der Waals surface area (Å²) in [5, 5.41) is 6.82. The molecule has 2 aromatic heterocycles. The van der Waals surface area contributed by atoms with Crippen molar-refractivity contribution in [3.8, 4) is 17.0 Å². The van der Waals surface area contributed by atoms with Crippen LogP contribution in [0.15, 0.2) is 24.5 Å². The summed E-state index contributed by atoms with van der Waals surface area (Å²) in [4.78, 5) is 34.4. The molecular formula is C24H25FN6O4. The number of pyridine rings is 2. The number of aromatic nitrogens is 2. The average molecular weight is 481 g/mol. The van der Waals surface area contributed by atoms with Crippen LogP contribution in [0.5, 0.6) is 5.88 Å². The quantitative estimate of drug-likeness (QED) is 0.485. The summed E-state index contributed by atoms with van der Waals surface area (Å²) in [5.74, 6) is 0.0682. The lowest BCUT2D eigenvalue weighted by molar-refractivity contribution is -0.127. The van der Waals surface area contributed by atoms with Gasteiger partial charge in [-0.3, -0.25) is 10.1 Å². The SMILES string of the molecule is CCN1C[C@H](OC(=O)Nc2cc3cc(-c4cnc5c(c4C)NCCO5)c(F)c(N)c3cn2)CC1=O. The van der Waals surface area contributed by atoms with Gasteiger partial charge in [0.05, 0.1) is 18.7 Å². The number of ether oxygens (including phenoxy) is 2. The van der Waals surface area contributed by atoms with E-state index in [0.29, 0.717) is 48.5 Å². The normalized spacial score (nSPS) is 17.1. The number of anilines is 3. The van der Waals surface area contributed by atoms with E-state index in [1.54, 1.807) is 23.2 Å². The van der Waals surface area contributed by atoms with Crippen molar-refractivity contribution < 1.29 is 23.5 Å². The minimum absolute atomic E-state index is 0.0483. The van der Waals surface area contributed by atoms with Crippen molar-refractivity contribution in [2.24, 2.45) is 0 Å². The molecule has 0 unspecified atom stereocenters. The largest absolute Gasteiger partial charge is 0.474 e. The number of nitrogen functional groups attached to an aromatic ring is 1. The van der Waals surface area contributed by atoms with Gasteiger partial charge in [-0.1, -0.05) is 0 Å². The van der Waals surface area contributed by atoms with Crippen LogP contribution in [0.25, 0.3) is 21.9 Å². The number of nitrogens with two attached hydrogens (primary N) is 1. The third-order valence-electron chi connectivity index (χ3n) is 6.30. The van der Waals surface area contributed by atoms with Gasteiger partial charge in [0.15, 0.2) is 5.82 Å². The zero-order valence-electron chi connectivity index (χ0n) is 19.4. The molecule has 0 radical (unpaired) electrons. The number of nitrogens with one attached hydrogen (secondary N) is 2. The maximum absolute atomic E-state index is 15.3. The highest BCUT2D eigenvalue weighted by Gasteiger charge is 2.31. The average Bonchev–Trinajstić information content (AvgIpc) is 3.20. The summed E-state index contributed by atoms with van der Waals surface area (Å²) >= 11 is 0. The number of hydrogen-bond acceptors (Lipinski definition) is 8. The van der Waals surface area contributed by atoms with Crippen molar-refractivity contribution in [1.29, 1.82) is 0 Å². The Morgan fingerprint density at radius 3 is 2.94 bits per heavy atom. The van der Waals surface area contributed by atoms with Crippen molar-refractivity contribution in [3.05, 3.63) is 35.9 Å². The number of carbonyl (C=O) groups excluding carboxylic acids is 2. The number of amides is 2. The summed E-state index contributed by atoms with van der Waals surface area (Å²) in [7, 11) is 0. The maximum atomic E-state index is 15.3. The third kappa shape index (κ3) is 4.13. The van der Waals surface area contributed by atoms with Gasteiger partial charge in [-0.15, -0.1) is 0 Å². The van der Waals surface area contributed by atoms with Crippen molar-refractivity contribution in [3.63, 3.8) is 0 Å². The maximum Gasteiger partial charge on any atom is 0.413 e. The van der Waals surface area contributed by atoms with Crippen LogP contribution in [0, 0.1) is 12.7 Å². The monoisotopic (exact) mass is 480 g/mol. The Balaban J connectivity index is 1.43. The Hall–Kier alpha value is -4.15. The van der Waals surface area contributed by atoms with Gasteiger partial charge < -0.3 is 25.4 Å². The van der Waals surface area contributed by atoms with Gasteiger partial charge in [0.2, 0.25) is 11.8 Å². The van der Waals surface area contributed by atoms with Crippen molar-refractivity contribution in [2.75, 3.05) is 42.6 Å². The van der Waals surface area contributed by atoms with Crippen LogP contribution < -0.4 is 21.1 Å². The predicted octanol–water partition coefficient (Wildman–Crippen LogP) is 3.30. The number of benzene rings is 1. The number of rotatable bonds is 4. The molecule has 35 heavy (non-hydrogen) atoms. The van der Waals surface area contributed by atoms with Crippen LogP contribution in [0.3, 0.4) is 0 Å². The molecule has 3 aromatic rings. The van der Waals surface area contributed by atoms with E-state index >= 15 is 4.39 Å². The van der Waals surface area contributed by atoms with Crippen LogP contribution in [0.1, 0.15) is 18.9 Å². The highest BCUT2D eigenvalue weighted by atomic mass is 19.1. The third-order valence-corrected chi connectivity index (χ3v) is 6.30. The molecule has 2 amide bonds. The fraction of sp³-hybridized carbons (Fsp3) is 0.333. The number of fused-ring (bicyclic) bond motifs is 2. The van der Waals surface area contributed by atoms with Gasteiger partial charge in [-0.05, 0) is 36.9 Å². The highest BCUT2D eigenvalue weighted by molar-refractivity contribution is 5.99. The smallest absolute Gasteiger partial charge is 0.413 e. The summed E-state index contributed by atoms with van der Waals surface area (Å²) in [6, 6.07) is 3.24. The Morgan fingerprint density at radius 1 is 1.34 bits per heavy atom. The topological polar surface area (TPSA) is 132 Å². The molecule has 5 rings (SSSR count). The lowest BCUT2D eigenvalue weighted by Crippen LogP contribution is -2.28. The van der Waals surface area contributed by atoms with Crippen LogP contribution in [-0.4, -0.2) is 59.2 Å². The molecule has 0 spiro atoms. The molecular weight excluding hydrogens is 455 g/mol. The Kier molecular flexibility index (Phi) is 5.75. The lowest BCUT2D eigenvalue weighted by atomic mass is 9.97. The van der Waals surface area contributed by atoms with Gasteiger partial charge >= 0.3 is 6.09 Å². The zero-order valence-corrected chi connectivity index (χ0v) is 19.4. The van der Waals surface area contributed by atoms with E-state index in [0.717, 1.165) is 11.3 Å². The number of halogens is 1. The van der Waals surface area contributed by atoms with Crippen molar-refractivity contribution in [1.82, 2.24) is 14.9 Å². The minimum atomic E-state index is -0.719. The summed E-state index contributed by atoms with van der Waals surface area (Å²) in [6.45, 7) is 5.80. The number of likely N-dealkylation sites (N-methyl/N-ethyl adjacent to an activating group) is 1. The second-order valence-corrected chi connectivity index (χ2v) is 8.48. The van der Waals surface area contributed by atoms with Crippen LogP contribution in [-0.2, 0) is 9.53 Å². The molecule has 182 valence electrons. The number of hydrogen-bond donors (Lipinski definition) is 3. The zero-order chi connectivity index (χ0) is 24.7. The minimum Gasteiger partial charge on any atom is -0.474 e. The van der Waals surface area contributed by atoms with E-state index in [4.69, 9.17) is 15.2 Å². The summed E-state index contributed by atoms with van der Waals surface area (Å²) < 4.78 is 26.2. The molecule has 0 bridgehead atoms. The number of likely N-dealkylation sites (tertiary alicyclic amines) is 1. The molecule has 11 heteroatoms. The summed E-state index contributed by atoms with van der Waals surface area (Å²) in [6.07, 6.45) is 1.88. The fourth-order valence-corrected chi connectivity index (χ4v) is 4.46. The summed E-state index contributed by atoms with van der Waals surface area (Å²) in [5.41, 5.74) is 8.43. The first-order valence-electron chi connectivity index (χ1n) is 11.4. The van der Waals surface area contributed by atoms with E-state index < -0.39 is 18.0 Å². The van der Waals surface area contributed by atoms with Gasteiger partial charge in [0.1, 0.15) is 24.2 Å². The van der Waals surface area contributed by atoms with Gasteiger partial charge in [-0.2, -0.15) is 0 Å². The van der Waals surface area contributed by atoms with Crippen LogP contribution in [0.4, 0.5) is 26.4 Å².